The molecule has 0 N–H and O–H groups in total. The first-order chi connectivity index (χ1) is 2.77. The van der Waals surface area contributed by atoms with Crippen molar-refractivity contribution < 1.29 is 4.79 Å². The standard InChI is InChI=1S/C4H8OS/c1-4(5)3-6-2/h3H2,1-2H3. The van der Waals surface area contributed by atoms with E-state index in [-0.39, 0.29) is 5.78 Å². The fraction of sp³-hybridized carbons (Fsp3) is 0.750. The van der Waals surface area contributed by atoms with Crippen LogP contribution in [0.15, 0.2) is 0 Å². The van der Waals surface area contributed by atoms with Crippen molar-refractivity contribution in [2.75, 3.05) is 12.0 Å². The molecular weight excluding hydrogens is 96.1 g/mol. The molecule has 0 amide bonds. The number of Topliss-reactive ketones (excluding diaryl/α,β-unsaturated/α-hetero) is 1. The first-order valence-electron chi connectivity index (χ1n) is 1.75. The number of ketones is 1. The molecule has 0 atom stereocenters. The number of hydrogen-bond acceptors (Lipinski definition) is 2. The number of carbonyl (C=O) groups excluding carboxylic acids is 1. The van der Waals surface area contributed by atoms with Gasteiger partial charge >= 0.3 is 0 Å². The van der Waals surface area contributed by atoms with Gasteiger partial charge in [-0.05, 0) is 13.2 Å². The molecule has 0 aliphatic carbocycles. The highest BCUT2D eigenvalue weighted by Crippen LogP contribution is 1.88. The van der Waals surface area contributed by atoms with Crippen molar-refractivity contribution in [2.24, 2.45) is 0 Å². The molecule has 0 saturated heterocycles. The molecule has 0 aromatic rings. The van der Waals surface area contributed by atoms with Crippen molar-refractivity contribution in [1.29, 1.82) is 0 Å². The smallest absolute Gasteiger partial charge is 0.139 e. The zero-order chi connectivity index (χ0) is 4.99. The Morgan fingerprint density at radius 2 is 2.33 bits per heavy atom. The molecule has 0 spiro atoms. The van der Waals surface area contributed by atoms with Crippen LogP contribution in [0.5, 0.6) is 0 Å². The summed E-state index contributed by atoms with van der Waals surface area (Å²) in [6, 6.07) is 0. The Bertz CT molecular complexity index is 51.5. The van der Waals surface area contributed by atoms with Crippen molar-refractivity contribution >= 4 is 17.5 Å². The summed E-state index contributed by atoms with van der Waals surface area (Å²) in [6.07, 6.45) is 1.92. The lowest BCUT2D eigenvalue weighted by atomic mass is 10.5. The molecule has 36 valence electrons. The summed E-state index contributed by atoms with van der Waals surface area (Å²) in [7, 11) is 0. The Morgan fingerprint density at radius 3 is 2.33 bits per heavy atom. The number of rotatable bonds is 2. The van der Waals surface area contributed by atoms with Gasteiger partial charge in [0.1, 0.15) is 5.78 Å². The Kier molecular flexibility index (Phi) is 3.23. The molecule has 0 heterocycles. The molecule has 0 fully saturated rings. The molecule has 0 aliphatic rings. The molecule has 0 aromatic heterocycles. The van der Waals surface area contributed by atoms with Gasteiger partial charge in [0.25, 0.3) is 0 Å². The van der Waals surface area contributed by atoms with Crippen LogP contribution in [0.4, 0.5) is 0 Å². The van der Waals surface area contributed by atoms with Crippen molar-refractivity contribution in [1.82, 2.24) is 0 Å². The number of hydrogen-bond donors (Lipinski definition) is 0. The van der Waals surface area contributed by atoms with Crippen LogP contribution in [0, 0.1) is 0 Å². The molecule has 0 aromatic carbocycles. The predicted octanol–water partition coefficient (Wildman–Crippen LogP) is 0.938. The van der Waals surface area contributed by atoms with Gasteiger partial charge in [0.2, 0.25) is 0 Å². The highest BCUT2D eigenvalue weighted by atomic mass is 32.2. The normalized spacial score (nSPS) is 8.33. The summed E-state index contributed by atoms with van der Waals surface area (Å²) in [5, 5.41) is 0. The zero-order valence-electron chi connectivity index (χ0n) is 4.02. The maximum absolute atomic E-state index is 10.0. The molecule has 1 nitrogen and oxygen atoms in total. The number of carbonyl (C=O) groups is 1. The largest absolute Gasteiger partial charge is 0.299 e. The summed E-state index contributed by atoms with van der Waals surface area (Å²) in [6.45, 7) is 1.59. The summed E-state index contributed by atoms with van der Waals surface area (Å²) in [5.41, 5.74) is 0. The predicted molar refractivity (Wildman–Crippen MR) is 29.1 cm³/mol. The summed E-state index contributed by atoms with van der Waals surface area (Å²) in [4.78, 5) is 10.0. The monoisotopic (exact) mass is 104 g/mol. The first kappa shape index (κ1) is 6.02. The fourth-order valence-electron chi connectivity index (χ4n) is 0.203. The van der Waals surface area contributed by atoms with Crippen molar-refractivity contribution in [3.05, 3.63) is 0 Å². The van der Waals surface area contributed by atoms with Crippen LogP contribution in [0.2, 0.25) is 0 Å². The van der Waals surface area contributed by atoms with Gasteiger partial charge in [-0.2, -0.15) is 11.8 Å². The molecule has 0 unspecified atom stereocenters. The molecule has 0 saturated carbocycles. The van der Waals surface area contributed by atoms with Gasteiger partial charge in [-0.15, -0.1) is 0 Å². The summed E-state index contributed by atoms with van der Waals surface area (Å²) < 4.78 is 0. The summed E-state index contributed by atoms with van der Waals surface area (Å²) >= 11 is 1.56. The maximum atomic E-state index is 10.0. The SMILES string of the molecule is CSCC(C)=O. The van der Waals surface area contributed by atoms with Crippen molar-refractivity contribution in [2.45, 2.75) is 6.92 Å². The Balaban J connectivity index is 2.83. The topological polar surface area (TPSA) is 17.1 Å². The van der Waals surface area contributed by atoms with E-state index >= 15 is 0 Å². The van der Waals surface area contributed by atoms with Gasteiger partial charge in [0, 0.05) is 0 Å². The van der Waals surface area contributed by atoms with E-state index in [1.807, 2.05) is 6.26 Å². The van der Waals surface area contributed by atoms with Gasteiger partial charge < -0.3 is 0 Å². The maximum Gasteiger partial charge on any atom is 0.139 e. The van der Waals surface area contributed by atoms with Gasteiger partial charge in [0.05, 0.1) is 5.75 Å². The van der Waals surface area contributed by atoms with Crippen LogP contribution in [-0.2, 0) is 4.79 Å². The quantitative estimate of drug-likeness (QED) is 0.518. The molecule has 0 rings (SSSR count). The van der Waals surface area contributed by atoms with Crippen LogP contribution in [0.3, 0.4) is 0 Å². The van der Waals surface area contributed by atoms with E-state index in [1.165, 1.54) is 0 Å². The molecule has 0 radical (unpaired) electrons. The third-order valence-corrected chi connectivity index (χ3v) is 1.04. The van der Waals surface area contributed by atoms with Gasteiger partial charge in [-0.1, -0.05) is 0 Å². The Labute approximate surface area is 42.1 Å². The second kappa shape index (κ2) is 3.22. The van der Waals surface area contributed by atoms with E-state index in [0.717, 1.165) is 0 Å². The zero-order valence-corrected chi connectivity index (χ0v) is 4.84. The van der Waals surface area contributed by atoms with E-state index < -0.39 is 0 Å². The minimum absolute atomic E-state index is 0.252. The minimum atomic E-state index is 0.252. The lowest BCUT2D eigenvalue weighted by molar-refractivity contribution is -0.114. The van der Waals surface area contributed by atoms with E-state index in [4.69, 9.17) is 0 Å². The Morgan fingerprint density at radius 1 is 1.83 bits per heavy atom. The lowest BCUT2D eigenvalue weighted by Crippen LogP contribution is -1.90. The third-order valence-electron chi connectivity index (χ3n) is 0.348. The lowest BCUT2D eigenvalue weighted by Gasteiger charge is -1.81. The third kappa shape index (κ3) is 4.02. The highest BCUT2D eigenvalue weighted by molar-refractivity contribution is 7.99. The molecule has 0 aliphatic heterocycles. The molecule has 6 heavy (non-hydrogen) atoms. The summed E-state index contributed by atoms with van der Waals surface area (Å²) in [5.74, 6) is 0.905. The van der Waals surface area contributed by atoms with E-state index in [0.29, 0.717) is 5.75 Å². The van der Waals surface area contributed by atoms with Crippen LogP contribution in [0.25, 0.3) is 0 Å². The second-order valence-corrected chi connectivity index (χ2v) is 2.00. The van der Waals surface area contributed by atoms with E-state index in [9.17, 15) is 4.79 Å². The average Bonchev–Trinajstić information content (AvgIpc) is 1.35. The van der Waals surface area contributed by atoms with Gasteiger partial charge in [0.15, 0.2) is 0 Å². The van der Waals surface area contributed by atoms with Gasteiger partial charge in [-0.25, -0.2) is 0 Å². The van der Waals surface area contributed by atoms with E-state index in [1.54, 1.807) is 18.7 Å². The minimum Gasteiger partial charge on any atom is -0.299 e. The van der Waals surface area contributed by atoms with Crippen molar-refractivity contribution in [3.8, 4) is 0 Å². The number of thioether (sulfide) groups is 1. The van der Waals surface area contributed by atoms with Crippen LogP contribution in [-0.4, -0.2) is 17.8 Å². The van der Waals surface area contributed by atoms with Gasteiger partial charge in [-0.3, -0.25) is 4.79 Å². The first-order valence-corrected chi connectivity index (χ1v) is 3.15. The fourth-order valence-corrected chi connectivity index (χ4v) is 0.610. The molecule has 0 bridgehead atoms. The van der Waals surface area contributed by atoms with Crippen molar-refractivity contribution in [3.63, 3.8) is 0 Å². The van der Waals surface area contributed by atoms with Crippen LogP contribution >= 0.6 is 11.8 Å². The van der Waals surface area contributed by atoms with Crippen LogP contribution in [0.1, 0.15) is 6.92 Å². The molecular formula is C4H8OS. The second-order valence-electron chi connectivity index (χ2n) is 1.14. The van der Waals surface area contributed by atoms with Crippen LogP contribution < -0.4 is 0 Å². The van der Waals surface area contributed by atoms with E-state index in [2.05, 4.69) is 0 Å². The average molecular weight is 104 g/mol. The molecule has 2 heteroatoms. The highest BCUT2D eigenvalue weighted by Gasteiger charge is 1.84. The Hall–Kier alpha value is 0.0200.